The smallest absolute Gasteiger partial charge is 0.313 e. The molecule has 2 aromatic carbocycles. The zero-order valence-electron chi connectivity index (χ0n) is 18.0. The number of benzene rings is 2. The lowest BCUT2D eigenvalue weighted by molar-refractivity contribution is -0.384. The predicted octanol–water partition coefficient (Wildman–Crippen LogP) is 5.75. The standard InChI is InChI=1S/C24H23IN4O4/c1-3-6-19-13-18(15-27-28-24-21(29(30)31)7-5-12-26-24)14-22(32-4-2)23(19)33-16-17-8-10-20(25)11-9-17/h3,5,7-15H,1,4,6,16H2,2H3,(H,26,28)/b27-15-. The quantitative estimate of drug-likeness (QED) is 0.106. The van der Waals surface area contributed by atoms with E-state index in [2.05, 4.69) is 44.7 Å². The van der Waals surface area contributed by atoms with Crippen LogP contribution in [0.15, 0.2) is 72.5 Å². The molecule has 8 nitrogen and oxygen atoms in total. The Morgan fingerprint density at radius 3 is 2.73 bits per heavy atom. The summed E-state index contributed by atoms with van der Waals surface area (Å²) in [5.41, 5.74) is 5.16. The minimum Gasteiger partial charge on any atom is -0.490 e. The van der Waals surface area contributed by atoms with Crippen molar-refractivity contribution in [3.8, 4) is 11.5 Å². The third kappa shape index (κ3) is 6.75. The lowest BCUT2D eigenvalue weighted by atomic mass is 10.1. The average Bonchev–Trinajstić information content (AvgIpc) is 2.80. The van der Waals surface area contributed by atoms with E-state index in [9.17, 15) is 10.1 Å². The minimum atomic E-state index is -0.514. The van der Waals surface area contributed by atoms with Gasteiger partial charge in [-0.25, -0.2) is 4.98 Å². The number of anilines is 1. The number of pyridine rings is 1. The summed E-state index contributed by atoms with van der Waals surface area (Å²) in [6.07, 6.45) is 5.37. The molecule has 33 heavy (non-hydrogen) atoms. The minimum absolute atomic E-state index is 0.0626. The van der Waals surface area contributed by atoms with Crippen LogP contribution in [-0.2, 0) is 13.0 Å². The molecule has 0 atom stereocenters. The maximum Gasteiger partial charge on any atom is 0.313 e. The fourth-order valence-corrected chi connectivity index (χ4v) is 3.39. The van der Waals surface area contributed by atoms with Gasteiger partial charge >= 0.3 is 5.69 Å². The molecule has 0 bridgehead atoms. The Morgan fingerprint density at radius 1 is 1.24 bits per heavy atom. The lowest BCUT2D eigenvalue weighted by Gasteiger charge is -2.17. The average molecular weight is 558 g/mol. The molecule has 1 heterocycles. The molecule has 0 saturated heterocycles. The van der Waals surface area contributed by atoms with Crippen LogP contribution in [0.25, 0.3) is 0 Å². The summed E-state index contributed by atoms with van der Waals surface area (Å²) in [5.74, 6) is 1.31. The van der Waals surface area contributed by atoms with E-state index >= 15 is 0 Å². The van der Waals surface area contributed by atoms with Crippen LogP contribution in [0, 0.1) is 13.7 Å². The first-order valence-corrected chi connectivity index (χ1v) is 11.3. The molecule has 170 valence electrons. The number of hydrazone groups is 1. The first-order valence-electron chi connectivity index (χ1n) is 10.2. The summed E-state index contributed by atoms with van der Waals surface area (Å²) < 4.78 is 13.2. The summed E-state index contributed by atoms with van der Waals surface area (Å²) in [7, 11) is 0. The third-order valence-electron chi connectivity index (χ3n) is 4.48. The van der Waals surface area contributed by atoms with Gasteiger partial charge in [-0.05, 0) is 77.4 Å². The van der Waals surface area contributed by atoms with Crippen LogP contribution < -0.4 is 14.9 Å². The Balaban J connectivity index is 1.85. The van der Waals surface area contributed by atoms with Gasteiger partial charge in [-0.3, -0.25) is 15.5 Å². The summed E-state index contributed by atoms with van der Waals surface area (Å²) in [4.78, 5) is 14.6. The second-order valence-corrected chi connectivity index (χ2v) is 8.09. The molecule has 0 aliphatic carbocycles. The van der Waals surface area contributed by atoms with Crippen LogP contribution in [0.3, 0.4) is 0 Å². The van der Waals surface area contributed by atoms with Crippen molar-refractivity contribution in [2.45, 2.75) is 20.0 Å². The molecule has 0 fully saturated rings. The van der Waals surface area contributed by atoms with E-state index in [0.717, 1.165) is 20.3 Å². The molecule has 0 spiro atoms. The van der Waals surface area contributed by atoms with Crippen LogP contribution in [-0.4, -0.2) is 22.7 Å². The zero-order valence-corrected chi connectivity index (χ0v) is 20.2. The van der Waals surface area contributed by atoms with Crippen molar-refractivity contribution in [2.75, 3.05) is 12.0 Å². The van der Waals surface area contributed by atoms with Crippen molar-refractivity contribution in [2.24, 2.45) is 5.10 Å². The Labute approximate surface area is 205 Å². The summed E-state index contributed by atoms with van der Waals surface area (Å²) in [5, 5.41) is 15.3. The van der Waals surface area contributed by atoms with Crippen molar-refractivity contribution < 1.29 is 14.4 Å². The number of nitrogens with one attached hydrogen (secondary N) is 1. The number of rotatable bonds is 11. The van der Waals surface area contributed by atoms with Crippen molar-refractivity contribution in [3.05, 3.63) is 97.8 Å². The van der Waals surface area contributed by atoms with Gasteiger partial charge in [-0.15, -0.1) is 6.58 Å². The number of hydrogen-bond donors (Lipinski definition) is 1. The van der Waals surface area contributed by atoms with Crippen molar-refractivity contribution >= 4 is 40.3 Å². The summed E-state index contributed by atoms with van der Waals surface area (Å²) in [6.45, 7) is 6.61. The van der Waals surface area contributed by atoms with Crippen molar-refractivity contribution in [3.63, 3.8) is 0 Å². The number of allylic oxidation sites excluding steroid dienone is 1. The van der Waals surface area contributed by atoms with Gasteiger partial charge in [0, 0.05) is 21.4 Å². The fourth-order valence-electron chi connectivity index (χ4n) is 3.03. The third-order valence-corrected chi connectivity index (χ3v) is 5.20. The largest absolute Gasteiger partial charge is 0.490 e. The van der Waals surface area contributed by atoms with E-state index in [1.807, 2.05) is 43.3 Å². The van der Waals surface area contributed by atoms with E-state index in [0.29, 0.717) is 31.1 Å². The van der Waals surface area contributed by atoms with Gasteiger partial charge in [-0.2, -0.15) is 5.10 Å². The van der Waals surface area contributed by atoms with Gasteiger partial charge in [0.15, 0.2) is 11.5 Å². The fraction of sp³-hybridized carbons (Fsp3) is 0.167. The number of nitrogens with zero attached hydrogens (tertiary/aromatic N) is 3. The molecule has 3 aromatic rings. The molecule has 3 rings (SSSR count). The van der Waals surface area contributed by atoms with E-state index in [1.54, 1.807) is 12.3 Å². The number of nitro groups is 1. The van der Waals surface area contributed by atoms with Gasteiger partial charge in [0.1, 0.15) is 6.61 Å². The topological polar surface area (TPSA) is 98.9 Å². The normalized spacial score (nSPS) is 10.7. The Morgan fingerprint density at radius 2 is 2.03 bits per heavy atom. The second kappa shape index (κ2) is 12.0. The number of ether oxygens (including phenoxy) is 2. The van der Waals surface area contributed by atoms with Gasteiger partial charge in [-0.1, -0.05) is 18.2 Å². The molecule has 0 aliphatic heterocycles. The molecule has 0 saturated carbocycles. The van der Waals surface area contributed by atoms with Crippen LogP contribution in [0.1, 0.15) is 23.6 Å². The van der Waals surface area contributed by atoms with Gasteiger partial charge in [0.25, 0.3) is 0 Å². The molecule has 1 N–H and O–H groups in total. The Bertz CT molecular complexity index is 1150. The van der Waals surface area contributed by atoms with Gasteiger partial charge < -0.3 is 9.47 Å². The Kier molecular flexibility index (Phi) is 8.76. The molecule has 0 amide bonds. The highest BCUT2D eigenvalue weighted by atomic mass is 127. The number of aromatic nitrogens is 1. The molecule has 9 heteroatoms. The Hall–Kier alpha value is -3.47. The SMILES string of the molecule is C=CCc1cc(/C=N\Nc2ncccc2[N+](=O)[O-])cc(OCC)c1OCc1ccc(I)cc1. The highest BCUT2D eigenvalue weighted by Crippen LogP contribution is 2.34. The highest BCUT2D eigenvalue weighted by Gasteiger charge is 2.15. The van der Waals surface area contributed by atoms with Gasteiger partial charge in [0.05, 0.1) is 17.7 Å². The number of hydrogen-bond acceptors (Lipinski definition) is 7. The first-order chi connectivity index (χ1) is 16.0. The molecule has 1 aromatic heterocycles. The highest BCUT2D eigenvalue weighted by molar-refractivity contribution is 14.1. The second-order valence-electron chi connectivity index (χ2n) is 6.85. The predicted molar refractivity (Wildman–Crippen MR) is 137 cm³/mol. The van der Waals surface area contributed by atoms with E-state index < -0.39 is 4.92 Å². The lowest BCUT2D eigenvalue weighted by Crippen LogP contribution is -2.04. The zero-order chi connectivity index (χ0) is 23.6. The van der Waals surface area contributed by atoms with Crippen molar-refractivity contribution in [1.82, 2.24) is 4.98 Å². The van der Waals surface area contributed by atoms with Crippen LogP contribution >= 0.6 is 22.6 Å². The number of halogens is 1. The van der Waals surface area contributed by atoms with Crippen molar-refractivity contribution in [1.29, 1.82) is 0 Å². The van der Waals surface area contributed by atoms with E-state index in [4.69, 9.17) is 9.47 Å². The molecule has 0 unspecified atom stereocenters. The first kappa shape index (κ1) is 24.2. The maximum absolute atomic E-state index is 11.1. The molecular formula is C24H23IN4O4. The van der Waals surface area contributed by atoms with E-state index in [1.165, 1.54) is 18.3 Å². The van der Waals surface area contributed by atoms with Crippen LogP contribution in [0.2, 0.25) is 0 Å². The van der Waals surface area contributed by atoms with Crippen LogP contribution in [0.4, 0.5) is 11.5 Å². The summed E-state index contributed by atoms with van der Waals surface area (Å²) in [6, 6.07) is 14.7. The molecular weight excluding hydrogens is 535 g/mol. The molecule has 0 radical (unpaired) electrons. The molecule has 0 aliphatic rings. The summed E-state index contributed by atoms with van der Waals surface area (Å²) >= 11 is 2.27. The van der Waals surface area contributed by atoms with E-state index in [-0.39, 0.29) is 11.5 Å². The maximum atomic E-state index is 11.1. The van der Waals surface area contributed by atoms with Gasteiger partial charge in [0.2, 0.25) is 5.82 Å². The van der Waals surface area contributed by atoms with Crippen LogP contribution in [0.5, 0.6) is 11.5 Å². The monoisotopic (exact) mass is 558 g/mol.